The summed E-state index contributed by atoms with van der Waals surface area (Å²) >= 11 is 40.6. The zero-order chi connectivity index (χ0) is 26.9. The van der Waals surface area contributed by atoms with Crippen LogP contribution >= 0.6 is 85.5 Å². The van der Waals surface area contributed by atoms with Gasteiger partial charge in [-0.2, -0.15) is 0 Å². The first-order chi connectivity index (χ1) is 17.5. The van der Waals surface area contributed by atoms with Gasteiger partial charge in [-0.15, -0.1) is 0 Å². The number of fused-ring (bicyclic) bond motifs is 1. The van der Waals surface area contributed by atoms with Gasteiger partial charge in [0.05, 0.1) is 58.9 Å². The highest BCUT2D eigenvalue weighted by Gasteiger charge is 2.58. The van der Waals surface area contributed by atoms with E-state index in [-0.39, 0.29) is 36.2 Å². The first-order valence-electron chi connectivity index (χ1n) is 10.3. The van der Waals surface area contributed by atoms with Gasteiger partial charge in [-0.1, -0.05) is 75.7 Å². The van der Waals surface area contributed by atoms with Gasteiger partial charge in [-0.3, -0.25) is 19.3 Å². The molecular formula is C24H11BrCl6N2O4. The van der Waals surface area contributed by atoms with Crippen molar-refractivity contribution in [1.29, 1.82) is 0 Å². The molecular weight excluding hydrogens is 673 g/mol. The minimum absolute atomic E-state index is 0.164. The highest BCUT2D eigenvalue weighted by atomic mass is 79.9. The van der Waals surface area contributed by atoms with Crippen LogP contribution in [0.5, 0.6) is 5.75 Å². The molecule has 2 aliphatic heterocycles. The average Bonchev–Trinajstić information content (AvgIpc) is 3.12. The predicted octanol–water partition coefficient (Wildman–Crippen LogP) is 8.13. The Balaban J connectivity index is 1.65. The number of imide groups is 1. The molecule has 0 unspecified atom stereocenters. The number of halogens is 7. The van der Waals surface area contributed by atoms with Crippen molar-refractivity contribution < 1.29 is 19.1 Å². The van der Waals surface area contributed by atoms with Crippen LogP contribution in [-0.4, -0.2) is 35.8 Å². The lowest BCUT2D eigenvalue weighted by atomic mass is 9.86. The van der Waals surface area contributed by atoms with Gasteiger partial charge < -0.3 is 9.64 Å². The number of methoxy groups -OCH3 is 1. The molecule has 2 atom stereocenters. The third-order valence-electron chi connectivity index (χ3n) is 6.18. The van der Waals surface area contributed by atoms with E-state index in [0.29, 0.717) is 26.5 Å². The Hall–Kier alpha value is -1.71. The molecule has 0 aliphatic carbocycles. The van der Waals surface area contributed by atoms with Gasteiger partial charge in [-0.25, -0.2) is 0 Å². The summed E-state index contributed by atoms with van der Waals surface area (Å²) in [5.41, 5.74) is 0.613. The minimum atomic E-state index is -1.23. The van der Waals surface area contributed by atoms with Crippen LogP contribution in [0.1, 0.15) is 32.3 Å². The molecule has 5 rings (SSSR count). The molecule has 0 bridgehead atoms. The van der Waals surface area contributed by atoms with Crippen molar-refractivity contribution in [1.82, 2.24) is 4.90 Å². The van der Waals surface area contributed by atoms with E-state index in [1.165, 1.54) is 18.1 Å². The second-order valence-electron chi connectivity index (χ2n) is 8.08. The molecule has 0 aromatic heterocycles. The molecule has 190 valence electrons. The number of hydrogen-bond donors (Lipinski definition) is 0. The molecule has 1 saturated heterocycles. The van der Waals surface area contributed by atoms with Crippen LogP contribution in [0.25, 0.3) is 0 Å². The van der Waals surface area contributed by atoms with Gasteiger partial charge in [0, 0.05) is 5.69 Å². The molecule has 0 N–H and O–H groups in total. The highest BCUT2D eigenvalue weighted by molar-refractivity contribution is 9.10. The Morgan fingerprint density at radius 2 is 1.32 bits per heavy atom. The maximum Gasteiger partial charge on any atom is 0.264 e. The molecule has 0 radical (unpaired) electrons. The van der Waals surface area contributed by atoms with E-state index in [1.54, 1.807) is 30.3 Å². The summed E-state index contributed by atoms with van der Waals surface area (Å²) in [5.74, 6) is -1.60. The lowest BCUT2D eigenvalue weighted by Crippen LogP contribution is -2.67. The topological polar surface area (TPSA) is 66.9 Å². The zero-order valence-electron chi connectivity index (χ0n) is 18.3. The van der Waals surface area contributed by atoms with E-state index in [4.69, 9.17) is 74.3 Å². The fourth-order valence-electron chi connectivity index (χ4n) is 4.47. The van der Waals surface area contributed by atoms with Crippen molar-refractivity contribution in [2.75, 3.05) is 12.0 Å². The molecule has 3 aromatic carbocycles. The number of nitrogens with zero attached hydrogens (tertiary/aromatic N) is 2. The van der Waals surface area contributed by atoms with Gasteiger partial charge in [-0.05, 0) is 51.8 Å². The molecule has 2 aliphatic rings. The molecule has 0 saturated carbocycles. The number of ether oxygens (including phenoxy) is 1. The second kappa shape index (κ2) is 9.79. The van der Waals surface area contributed by atoms with Gasteiger partial charge in [0.25, 0.3) is 17.7 Å². The molecule has 3 aromatic rings. The SMILES string of the molecule is COc1ccc([C@H]2[C@H](N3C(=O)c4c(Cl)c(Cl)c(Cl)c(Cl)c4C3=O)C(=O)N2c2ccc(Cl)c(Cl)c2)cc1Br. The normalized spacial score (nSPS) is 18.9. The number of β-lactam (4-membered cyclic amide) rings is 1. The first-order valence-corrected chi connectivity index (χ1v) is 13.4. The van der Waals surface area contributed by atoms with Crippen molar-refractivity contribution in [2.24, 2.45) is 0 Å². The molecule has 1 fully saturated rings. The fourth-order valence-corrected chi connectivity index (χ4v) is 6.33. The Morgan fingerprint density at radius 3 is 1.84 bits per heavy atom. The maximum absolute atomic E-state index is 13.6. The number of carbonyl (C=O) groups excluding carboxylic acids is 3. The highest BCUT2D eigenvalue weighted by Crippen LogP contribution is 2.50. The van der Waals surface area contributed by atoms with Crippen molar-refractivity contribution in [3.05, 3.63) is 87.7 Å². The van der Waals surface area contributed by atoms with Crippen molar-refractivity contribution in [3.8, 4) is 5.75 Å². The standard InChI is InChI=1S/C24H11BrCl6N2O4/c1-37-13-5-2-8(6-10(13)25)20-21(24(36)32(20)9-3-4-11(26)12(27)7-9)33-22(34)14-15(23(33)35)17(29)19(31)18(30)16(14)28/h2-7,20-21H,1H3/t20-,21-/m0/s1. The first kappa shape index (κ1) is 26.9. The molecule has 37 heavy (non-hydrogen) atoms. The maximum atomic E-state index is 13.6. The van der Waals surface area contributed by atoms with Crippen LogP contribution in [0.2, 0.25) is 30.1 Å². The smallest absolute Gasteiger partial charge is 0.264 e. The second-order valence-corrected chi connectivity index (χ2v) is 11.3. The number of amides is 3. The monoisotopic (exact) mass is 680 g/mol. The third-order valence-corrected chi connectivity index (χ3v) is 9.34. The van der Waals surface area contributed by atoms with Crippen LogP contribution in [0.15, 0.2) is 40.9 Å². The largest absolute Gasteiger partial charge is 0.496 e. The quantitative estimate of drug-likeness (QED) is 0.121. The van der Waals surface area contributed by atoms with E-state index >= 15 is 0 Å². The van der Waals surface area contributed by atoms with Gasteiger partial charge in [0.2, 0.25) is 0 Å². The van der Waals surface area contributed by atoms with Crippen LogP contribution < -0.4 is 9.64 Å². The van der Waals surface area contributed by atoms with Crippen LogP contribution in [0.3, 0.4) is 0 Å². The molecule has 13 heteroatoms. The summed E-state index contributed by atoms with van der Waals surface area (Å²) in [7, 11) is 1.51. The number of anilines is 1. The van der Waals surface area contributed by atoms with Crippen LogP contribution in [0.4, 0.5) is 5.69 Å². The van der Waals surface area contributed by atoms with E-state index in [0.717, 1.165) is 4.90 Å². The Morgan fingerprint density at radius 1 is 0.730 bits per heavy atom. The lowest BCUT2D eigenvalue weighted by Gasteiger charge is -2.49. The number of benzene rings is 3. The Labute approximate surface area is 249 Å². The van der Waals surface area contributed by atoms with Crippen molar-refractivity contribution in [3.63, 3.8) is 0 Å². The van der Waals surface area contributed by atoms with E-state index in [9.17, 15) is 14.4 Å². The van der Waals surface area contributed by atoms with Crippen LogP contribution in [0, 0.1) is 0 Å². The summed E-state index contributed by atoms with van der Waals surface area (Å²) < 4.78 is 5.92. The number of hydrogen-bond acceptors (Lipinski definition) is 4. The Bertz CT molecular complexity index is 1500. The summed E-state index contributed by atoms with van der Waals surface area (Å²) in [6, 6.07) is 7.82. The van der Waals surface area contributed by atoms with E-state index in [1.807, 2.05) is 0 Å². The van der Waals surface area contributed by atoms with Crippen molar-refractivity contribution >= 4 is 109 Å². The van der Waals surface area contributed by atoms with Crippen LogP contribution in [-0.2, 0) is 4.79 Å². The minimum Gasteiger partial charge on any atom is -0.496 e. The van der Waals surface area contributed by atoms with E-state index in [2.05, 4.69) is 15.9 Å². The predicted molar refractivity (Wildman–Crippen MR) is 148 cm³/mol. The summed E-state index contributed by atoms with van der Waals surface area (Å²) in [6.07, 6.45) is 0. The molecule has 2 heterocycles. The number of carbonyl (C=O) groups is 3. The van der Waals surface area contributed by atoms with Gasteiger partial charge in [0.15, 0.2) is 0 Å². The number of rotatable bonds is 4. The lowest BCUT2D eigenvalue weighted by molar-refractivity contribution is -0.130. The average molecular weight is 684 g/mol. The summed E-state index contributed by atoms with van der Waals surface area (Å²) in [5, 5.41) is -0.232. The van der Waals surface area contributed by atoms with E-state index < -0.39 is 29.8 Å². The fraction of sp³-hybridized carbons (Fsp3) is 0.125. The Kier molecular flexibility index (Phi) is 7.12. The molecule has 3 amide bonds. The van der Waals surface area contributed by atoms with Crippen molar-refractivity contribution in [2.45, 2.75) is 12.1 Å². The summed E-state index contributed by atoms with van der Waals surface area (Å²) in [6.45, 7) is 0. The van der Waals surface area contributed by atoms with Gasteiger partial charge in [0.1, 0.15) is 11.8 Å². The third kappa shape index (κ3) is 4.02. The zero-order valence-corrected chi connectivity index (χ0v) is 24.4. The molecule has 6 nitrogen and oxygen atoms in total. The summed E-state index contributed by atoms with van der Waals surface area (Å²) in [4.78, 5) is 43.0. The molecule has 0 spiro atoms. The van der Waals surface area contributed by atoms with Gasteiger partial charge >= 0.3 is 0 Å².